The topological polar surface area (TPSA) is 81.3 Å². The zero-order valence-corrected chi connectivity index (χ0v) is 19.3. The van der Waals surface area contributed by atoms with Crippen molar-refractivity contribution >= 4 is 11.9 Å². The SMILES string of the molecule is COc1cccc(-c2cnc(N)nc2C2CCCN2C(=O)C2(c3ccc(F)cc3)CCCC2)c1. The Morgan fingerprint density at radius 1 is 1.15 bits per heavy atom. The Balaban J connectivity index is 1.55. The van der Waals surface area contributed by atoms with Gasteiger partial charge in [0.05, 0.1) is 24.3 Å². The second-order valence-electron chi connectivity index (χ2n) is 9.21. The summed E-state index contributed by atoms with van der Waals surface area (Å²) < 4.78 is 19.1. The van der Waals surface area contributed by atoms with Crippen LogP contribution in [0.5, 0.6) is 5.75 Å². The highest BCUT2D eigenvalue weighted by atomic mass is 19.1. The number of halogens is 1. The molecule has 1 amide bonds. The molecule has 2 fully saturated rings. The Morgan fingerprint density at radius 2 is 1.91 bits per heavy atom. The predicted molar refractivity (Wildman–Crippen MR) is 129 cm³/mol. The van der Waals surface area contributed by atoms with Crippen LogP contribution in [-0.4, -0.2) is 34.4 Å². The number of carbonyl (C=O) groups excluding carboxylic acids is 1. The molecule has 2 aliphatic rings. The molecule has 34 heavy (non-hydrogen) atoms. The van der Waals surface area contributed by atoms with Crippen molar-refractivity contribution in [1.82, 2.24) is 14.9 Å². The number of hydrogen-bond acceptors (Lipinski definition) is 5. The van der Waals surface area contributed by atoms with Crippen molar-refractivity contribution in [2.24, 2.45) is 0 Å². The van der Waals surface area contributed by atoms with E-state index in [1.54, 1.807) is 25.4 Å². The summed E-state index contributed by atoms with van der Waals surface area (Å²) in [6.45, 7) is 0.661. The Labute approximate surface area is 199 Å². The van der Waals surface area contributed by atoms with E-state index in [2.05, 4.69) is 9.97 Å². The van der Waals surface area contributed by atoms with Gasteiger partial charge in [-0.15, -0.1) is 0 Å². The van der Waals surface area contributed by atoms with Gasteiger partial charge < -0.3 is 15.4 Å². The number of nitrogens with zero attached hydrogens (tertiary/aromatic N) is 3. The second-order valence-corrected chi connectivity index (χ2v) is 9.21. The Bertz CT molecular complexity index is 1190. The molecular weight excluding hydrogens is 431 g/mol. The van der Waals surface area contributed by atoms with Gasteiger partial charge in [-0.05, 0) is 61.1 Å². The molecule has 2 N–H and O–H groups in total. The van der Waals surface area contributed by atoms with E-state index in [1.165, 1.54) is 12.1 Å². The summed E-state index contributed by atoms with van der Waals surface area (Å²) in [7, 11) is 1.63. The summed E-state index contributed by atoms with van der Waals surface area (Å²) in [5, 5.41) is 0. The van der Waals surface area contributed by atoms with Crippen LogP contribution in [0.4, 0.5) is 10.3 Å². The van der Waals surface area contributed by atoms with E-state index >= 15 is 0 Å². The monoisotopic (exact) mass is 460 g/mol. The fourth-order valence-corrected chi connectivity index (χ4v) is 5.62. The number of ether oxygens (including phenoxy) is 1. The van der Waals surface area contributed by atoms with Crippen LogP contribution < -0.4 is 10.5 Å². The summed E-state index contributed by atoms with van der Waals surface area (Å²) in [6.07, 6.45) is 6.94. The normalized spacial score (nSPS) is 19.4. The maximum absolute atomic E-state index is 14.2. The number of nitrogen functional groups attached to an aromatic ring is 1. The van der Waals surface area contributed by atoms with E-state index in [-0.39, 0.29) is 23.7 Å². The van der Waals surface area contributed by atoms with Crippen LogP contribution in [0.15, 0.2) is 54.7 Å². The van der Waals surface area contributed by atoms with Crippen LogP contribution in [0.25, 0.3) is 11.1 Å². The van der Waals surface area contributed by atoms with Crippen LogP contribution in [0, 0.1) is 5.82 Å². The van der Waals surface area contributed by atoms with Gasteiger partial charge in [-0.2, -0.15) is 0 Å². The number of carbonyl (C=O) groups is 1. The van der Waals surface area contributed by atoms with E-state index in [9.17, 15) is 9.18 Å². The summed E-state index contributed by atoms with van der Waals surface area (Å²) in [5.41, 5.74) is 8.83. The van der Waals surface area contributed by atoms with E-state index in [4.69, 9.17) is 10.5 Å². The Kier molecular flexibility index (Phi) is 5.94. The number of benzene rings is 2. The maximum Gasteiger partial charge on any atom is 0.233 e. The molecule has 7 heteroatoms. The first-order valence-electron chi connectivity index (χ1n) is 11.9. The average Bonchev–Trinajstić information content (AvgIpc) is 3.55. The third kappa shape index (κ3) is 3.89. The Morgan fingerprint density at radius 3 is 2.65 bits per heavy atom. The van der Waals surface area contributed by atoms with E-state index in [0.717, 1.165) is 66.7 Å². The number of methoxy groups -OCH3 is 1. The molecule has 2 aromatic carbocycles. The van der Waals surface area contributed by atoms with Crippen molar-refractivity contribution < 1.29 is 13.9 Å². The fraction of sp³-hybridized carbons (Fsp3) is 0.370. The van der Waals surface area contributed by atoms with Gasteiger partial charge in [-0.3, -0.25) is 4.79 Å². The zero-order valence-electron chi connectivity index (χ0n) is 19.3. The molecule has 3 aromatic rings. The molecule has 1 unspecified atom stereocenters. The summed E-state index contributed by atoms with van der Waals surface area (Å²) in [6, 6.07) is 14.0. The van der Waals surface area contributed by atoms with Crippen LogP contribution in [0.3, 0.4) is 0 Å². The number of hydrogen-bond donors (Lipinski definition) is 1. The molecule has 5 rings (SSSR count). The summed E-state index contributed by atoms with van der Waals surface area (Å²) >= 11 is 0. The van der Waals surface area contributed by atoms with Crippen LogP contribution in [0.1, 0.15) is 55.8 Å². The third-order valence-electron chi connectivity index (χ3n) is 7.31. The minimum absolute atomic E-state index is 0.105. The number of amides is 1. The molecule has 1 aliphatic heterocycles. The van der Waals surface area contributed by atoms with Crippen LogP contribution in [0.2, 0.25) is 0 Å². The first-order chi connectivity index (χ1) is 16.5. The van der Waals surface area contributed by atoms with Gasteiger partial charge in [-0.25, -0.2) is 14.4 Å². The molecule has 1 atom stereocenters. The molecule has 176 valence electrons. The lowest BCUT2D eigenvalue weighted by Crippen LogP contribution is -2.45. The molecule has 1 aromatic heterocycles. The predicted octanol–water partition coefficient (Wildman–Crippen LogP) is 5.05. The lowest BCUT2D eigenvalue weighted by molar-refractivity contribution is -0.138. The molecule has 0 bridgehead atoms. The van der Waals surface area contributed by atoms with Crippen molar-refractivity contribution in [3.05, 3.63) is 71.8 Å². The fourth-order valence-electron chi connectivity index (χ4n) is 5.62. The van der Waals surface area contributed by atoms with Crippen molar-refractivity contribution in [2.75, 3.05) is 19.4 Å². The van der Waals surface area contributed by atoms with Crippen molar-refractivity contribution in [1.29, 1.82) is 0 Å². The smallest absolute Gasteiger partial charge is 0.233 e. The van der Waals surface area contributed by atoms with Gasteiger partial charge >= 0.3 is 0 Å². The van der Waals surface area contributed by atoms with E-state index in [0.29, 0.717) is 6.54 Å². The second kappa shape index (κ2) is 9.05. The highest BCUT2D eigenvalue weighted by Gasteiger charge is 2.48. The third-order valence-corrected chi connectivity index (χ3v) is 7.31. The first-order valence-corrected chi connectivity index (χ1v) is 11.9. The van der Waals surface area contributed by atoms with Crippen LogP contribution in [-0.2, 0) is 10.2 Å². The van der Waals surface area contributed by atoms with Crippen LogP contribution >= 0.6 is 0 Å². The first kappa shape index (κ1) is 22.3. The lowest BCUT2D eigenvalue weighted by atomic mass is 9.77. The molecule has 1 saturated carbocycles. The number of anilines is 1. The van der Waals surface area contributed by atoms with Crippen molar-refractivity contribution in [2.45, 2.75) is 50.0 Å². The molecule has 1 saturated heterocycles. The number of nitrogens with two attached hydrogens (primary N) is 1. The molecule has 0 radical (unpaired) electrons. The van der Waals surface area contributed by atoms with Gasteiger partial charge in [0.1, 0.15) is 11.6 Å². The summed E-state index contributed by atoms with van der Waals surface area (Å²) in [4.78, 5) is 25.1. The largest absolute Gasteiger partial charge is 0.497 e. The summed E-state index contributed by atoms with van der Waals surface area (Å²) in [5.74, 6) is 0.742. The minimum Gasteiger partial charge on any atom is -0.497 e. The number of rotatable bonds is 5. The van der Waals surface area contributed by atoms with Gasteiger partial charge in [0.2, 0.25) is 11.9 Å². The highest BCUT2D eigenvalue weighted by Crippen LogP contribution is 2.46. The van der Waals surface area contributed by atoms with E-state index in [1.807, 2.05) is 29.2 Å². The zero-order chi connectivity index (χ0) is 23.7. The lowest BCUT2D eigenvalue weighted by Gasteiger charge is -2.36. The average molecular weight is 461 g/mol. The molecular formula is C27H29FN4O2. The van der Waals surface area contributed by atoms with Gasteiger partial charge in [0.15, 0.2) is 0 Å². The molecule has 6 nitrogen and oxygen atoms in total. The maximum atomic E-state index is 14.2. The Hall–Kier alpha value is -3.48. The molecule has 1 aliphatic carbocycles. The quantitative estimate of drug-likeness (QED) is 0.576. The van der Waals surface area contributed by atoms with Crippen molar-refractivity contribution in [3.63, 3.8) is 0 Å². The van der Waals surface area contributed by atoms with Gasteiger partial charge in [-0.1, -0.05) is 37.1 Å². The van der Waals surface area contributed by atoms with Gasteiger partial charge in [0.25, 0.3) is 0 Å². The number of likely N-dealkylation sites (tertiary alicyclic amines) is 1. The minimum atomic E-state index is -0.620. The van der Waals surface area contributed by atoms with E-state index < -0.39 is 5.41 Å². The molecule has 2 heterocycles. The van der Waals surface area contributed by atoms with Crippen molar-refractivity contribution in [3.8, 4) is 16.9 Å². The number of aromatic nitrogens is 2. The van der Waals surface area contributed by atoms with Gasteiger partial charge in [0, 0.05) is 18.3 Å². The highest BCUT2D eigenvalue weighted by molar-refractivity contribution is 5.89. The molecule has 0 spiro atoms. The standard InChI is InChI=1S/C27H29FN4O2/c1-34-21-7-4-6-18(16-21)22-17-30-26(29)31-24(22)23-8-5-15-32(23)25(33)27(13-2-3-14-27)19-9-11-20(28)12-10-19/h4,6-7,9-12,16-17,23H,2-3,5,8,13-15H2,1H3,(H2,29,30,31).